The van der Waals surface area contributed by atoms with Crippen LogP contribution in [0.5, 0.6) is 0 Å². The number of aryl methyl sites for hydroxylation is 2. The molecule has 0 fully saturated rings. The maximum Gasteiger partial charge on any atom is 0.0353 e. The van der Waals surface area contributed by atoms with Crippen molar-refractivity contribution in [3.63, 3.8) is 0 Å². The first kappa shape index (κ1) is 7.29. The van der Waals surface area contributed by atoms with E-state index in [-0.39, 0.29) is 0 Å². The van der Waals surface area contributed by atoms with Crippen molar-refractivity contribution >= 4 is 10.8 Å². The molecule has 1 aromatic carbocycles. The third kappa shape index (κ3) is 0.981. The molecule has 12 heavy (non-hydrogen) atoms. The molecule has 59 valence electrons. The first-order valence-electron chi connectivity index (χ1n) is 4.00. The average Bonchev–Trinajstić information content (AvgIpc) is 2.12. The summed E-state index contributed by atoms with van der Waals surface area (Å²) in [7, 11) is 0. The van der Waals surface area contributed by atoms with Gasteiger partial charge in [-0.25, -0.2) is 0 Å². The molecule has 2 aromatic rings. The first-order chi connectivity index (χ1) is 5.79. The summed E-state index contributed by atoms with van der Waals surface area (Å²) in [6.07, 6.45) is 3.61. The van der Waals surface area contributed by atoms with Crippen LogP contribution in [0.15, 0.2) is 24.5 Å². The Morgan fingerprint density at radius 2 is 1.92 bits per heavy atom. The molecule has 0 aliphatic heterocycles. The Morgan fingerprint density at radius 3 is 2.67 bits per heavy atom. The molecule has 2 rings (SSSR count). The molecule has 0 saturated heterocycles. The van der Waals surface area contributed by atoms with Crippen molar-refractivity contribution < 1.29 is 0 Å². The van der Waals surface area contributed by atoms with E-state index in [1.807, 2.05) is 6.20 Å². The van der Waals surface area contributed by atoms with E-state index in [2.05, 4.69) is 37.0 Å². The molecule has 1 heterocycles. The molecule has 0 saturated carbocycles. The van der Waals surface area contributed by atoms with Gasteiger partial charge in [0.05, 0.1) is 0 Å². The number of aromatic nitrogens is 1. The molecular formula is C11H10N. The third-order valence-corrected chi connectivity index (χ3v) is 2.16. The van der Waals surface area contributed by atoms with Crippen LogP contribution in [-0.4, -0.2) is 4.98 Å². The van der Waals surface area contributed by atoms with Crippen molar-refractivity contribution in [2.75, 3.05) is 0 Å². The Bertz CT molecular complexity index is 378. The van der Waals surface area contributed by atoms with Crippen molar-refractivity contribution in [1.82, 2.24) is 4.98 Å². The van der Waals surface area contributed by atoms with Crippen LogP contribution in [0.2, 0.25) is 0 Å². The summed E-state index contributed by atoms with van der Waals surface area (Å²) in [6.45, 7) is 4.19. The molecule has 1 nitrogen and oxygen atoms in total. The minimum Gasteiger partial charge on any atom is -0.263 e. The molecule has 0 spiro atoms. The number of hydrogen-bond acceptors (Lipinski definition) is 1. The van der Waals surface area contributed by atoms with Gasteiger partial charge in [0, 0.05) is 23.8 Å². The van der Waals surface area contributed by atoms with Crippen molar-refractivity contribution in [3.05, 3.63) is 41.7 Å². The summed E-state index contributed by atoms with van der Waals surface area (Å²) in [5.41, 5.74) is 2.53. The maximum atomic E-state index is 4.06. The molecule has 0 N–H and O–H groups in total. The van der Waals surface area contributed by atoms with E-state index in [4.69, 9.17) is 0 Å². The third-order valence-electron chi connectivity index (χ3n) is 2.16. The van der Waals surface area contributed by atoms with Crippen molar-refractivity contribution in [1.29, 1.82) is 0 Å². The number of benzene rings is 1. The summed E-state index contributed by atoms with van der Waals surface area (Å²) in [6, 6.07) is 7.39. The summed E-state index contributed by atoms with van der Waals surface area (Å²) >= 11 is 0. The van der Waals surface area contributed by atoms with Crippen LogP contribution in [0, 0.1) is 19.9 Å². The summed E-state index contributed by atoms with van der Waals surface area (Å²) in [5, 5.41) is 2.39. The van der Waals surface area contributed by atoms with Gasteiger partial charge in [-0.1, -0.05) is 12.1 Å². The highest BCUT2D eigenvalue weighted by Crippen LogP contribution is 2.19. The van der Waals surface area contributed by atoms with Crippen LogP contribution >= 0.6 is 0 Å². The second-order valence-corrected chi connectivity index (χ2v) is 3.04. The average molecular weight is 156 g/mol. The second kappa shape index (κ2) is 2.59. The van der Waals surface area contributed by atoms with Crippen LogP contribution in [0.4, 0.5) is 0 Å². The van der Waals surface area contributed by atoms with E-state index in [1.54, 1.807) is 6.20 Å². The Kier molecular flexibility index (Phi) is 1.58. The lowest BCUT2D eigenvalue weighted by Gasteiger charge is -2.02. The van der Waals surface area contributed by atoms with Gasteiger partial charge in [0.1, 0.15) is 0 Å². The monoisotopic (exact) mass is 156 g/mol. The SMILES string of the molecule is Cc1ccc(C)c2cnc[c]c12. The van der Waals surface area contributed by atoms with Crippen LogP contribution in [0.1, 0.15) is 11.1 Å². The van der Waals surface area contributed by atoms with Gasteiger partial charge in [-0.2, -0.15) is 0 Å². The highest BCUT2D eigenvalue weighted by molar-refractivity contribution is 5.86. The van der Waals surface area contributed by atoms with Gasteiger partial charge in [0.15, 0.2) is 0 Å². The van der Waals surface area contributed by atoms with Crippen LogP contribution in [0.3, 0.4) is 0 Å². The van der Waals surface area contributed by atoms with Gasteiger partial charge in [-0.05, 0) is 30.4 Å². The highest BCUT2D eigenvalue weighted by atomic mass is 14.6. The fourth-order valence-electron chi connectivity index (χ4n) is 1.40. The van der Waals surface area contributed by atoms with E-state index >= 15 is 0 Å². The maximum absolute atomic E-state index is 4.06. The molecule has 1 aromatic heterocycles. The zero-order valence-corrected chi connectivity index (χ0v) is 7.26. The number of fused-ring (bicyclic) bond motifs is 1. The lowest BCUT2D eigenvalue weighted by molar-refractivity contribution is 1.33. The first-order valence-corrected chi connectivity index (χ1v) is 4.00. The lowest BCUT2D eigenvalue weighted by Crippen LogP contribution is -1.83. The van der Waals surface area contributed by atoms with Crippen LogP contribution < -0.4 is 0 Å². The van der Waals surface area contributed by atoms with Gasteiger partial charge < -0.3 is 0 Å². The van der Waals surface area contributed by atoms with Gasteiger partial charge in [0.2, 0.25) is 0 Å². The van der Waals surface area contributed by atoms with Crippen molar-refractivity contribution in [2.45, 2.75) is 13.8 Å². The predicted octanol–water partition coefficient (Wildman–Crippen LogP) is 2.65. The smallest absolute Gasteiger partial charge is 0.0353 e. The molecule has 1 radical (unpaired) electrons. The lowest BCUT2D eigenvalue weighted by atomic mass is 10.0. The molecular weight excluding hydrogens is 146 g/mol. The molecule has 0 atom stereocenters. The second-order valence-electron chi connectivity index (χ2n) is 3.04. The van der Waals surface area contributed by atoms with Crippen LogP contribution in [0.25, 0.3) is 10.8 Å². The Labute approximate surface area is 72.1 Å². The molecule has 0 amide bonds. The van der Waals surface area contributed by atoms with E-state index in [0.29, 0.717) is 0 Å². The topological polar surface area (TPSA) is 12.9 Å². The Morgan fingerprint density at radius 1 is 1.17 bits per heavy atom. The largest absolute Gasteiger partial charge is 0.263 e. The number of pyridine rings is 1. The normalized spacial score (nSPS) is 10.5. The molecule has 0 aliphatic carbocycles. The van der Waals surface area contributed by atoms with Crippen LogP contribution in [-0.2, 0) is 0 Å². The van der Waals surface area contributed by atoms with E-state index in [0.717, 1.165) is 0 Å². The summed E-state index contributed by atoms with van der Waals surface area (Å²) in [4.78, 5) is 4.06. The van der Waals surface area contributed by atoms with Crippen molar-refractivity contribution in [2.24, 2.45) is 0 Å². The van der Waals surface area contributed by atoms with E-state index < -0.39 is 0 Å². The molecule has 1 heteroatoms. The minimum absolute atomic E-state index is 1.19. The van der Waals surface area contributed by atoms with Gasteiger partial charge in [-0.3, -0.25) is 4.98 Å². The van der Waals surface area contributed by atoms with Gasteiger partial charge in [0.25, 0.3) is 0 Å². The van der Waals surface area contributed by atoms with Gasteiger partial charge >= 0.3 is 0 Å². The quantitative estimate of drug-likeness (QED) is 0.571. The Balaban J connectivity index is 2.95. The zero-order chi connectivity index (χ0) is 8.55. The fraction of sp³-hybridized carbons (Fsp3) is 0.182. The Hall–Kier alpha value is -1.37. The predicted molar refractivity (Wildman–Crippen MR) is 50.1 cm³/mol. The summed E-state index contributed by atoms with van der Waals surface area (Å²) in [5.74, 6) is 0. The number of hydrogen-bond donors (Lipinski definition) is 0. The fourth-order valence-corrected chi connectivity index (χ4v) is 1.40. The number of nitrogens with zero attached hydrogens (tertiary/aromatic N) is 1. The van der Waals surface area contributed by atoms with Gasteiger partial charge in [-0.15, -0.1) is 0 Å². The minimum atomic E-state index is 1.19. The zero-order valence-electron chi connectivity index (χ0n) is 7.26. The number of rotatable bonds is 0. The van der Waals surface area contributed by atoms with Crippen molar-refractivity contribution in [3.8, 4) is 0 Å². The molecule has 0 unspecified atom stereocenters. The van der Waals surface area contributed by atoms with E-state index in [1.165, 1.54) is 21.9 Å². The molecule has 0 aliphatic rings. The molecule has 0 bridgehead atoms. The summed E-state index contributed by atoms with van der Waals surface area (Å²) < 4.78 is 0. The highest BCUT2D eigenvalue weighted by Gasteiger charge is 1.98. The standard InChI is InChI=1S/C11H10N/c1-8-3-4-9(2)11-7-12-6-5-10(8)11/h3-4,6-7H,1-2H3. The van der Waals surface area contributed by atoms with E-state index in [9.17, 15) is 0 Å².